The molecule has 3 unspecified atom stereocenters. The number of carbonyl (C=O) groups excluding carboxylic acids is 3. The Balaban J connectivity index is 5.48. The molecule has 0 amide bonds. The van der Waals surface area contributed by atoms with Crippen LogP contribution in [-0.4, -0.2) is 46.9 Å². The van der Waals surface area contributed by atoms with Gasteiger partial charge in [0.25, 0.3) is 0 Å². The van der Waals surface area contributed by atoms with Crippen LogP contribution in [0.2, 0.25) is 0 Å². The molecule has 0 spiro atoms. The fraction of sp³-hybridized carbons (Fsp3) is 0.900. The molecule has 0 aromatic carbocycles. The van der Waals surface area contributed by atoms with Gasteiger partial charge in [-0.3, -0.25) is 9.59 Å². The van der Waals surface area contributed by atoms with Crippen molar-refractivity contribution in [3.8, 4) is 0 Å². The summed E-state index contributed by atoms with van der Waals surface area (Å²) in [7, 11) is 0. The molecule has 0 aromatic heterocycles. The first-order valence-corrected chi connectivity index (χ1v) is 15.0. The van der Waals surface area contributed by atoms with Gasteiger partial charge in [0.2, 0.25) is 0 Å². The number of esters is 3. The fourth-order valence-electron chi connectivity index (χ4n) is 4.31. The zero-order valence-corrected chi connectivity index (χ0v) is 24.6. The summed E-state index contributed by atoms with van der Waals surface area (Å²) in [6.45, 7) is 12.1. The highest BCUT2D eigenvalue weighted by Gasteiger charge is 2.44. The van der Waals surface area contributed by atoms with Crippen molar-refractivity contribution in [2.45, 2.75) is 175 Å². The number of hydrogen-bond donors (Lipinski definition) is 1. The Morgan fingerprint density at radius 3 is 1.19 bits per heavy atom. The summed E-state index contributed by atoms with van der Waals surface area (Å²) in [6.07, 6.45) is 10.8. The lowest BCUT2D eigenvalue weighted by molar-refractivity contribution is -0.184. The van der Waals surface area contributed by atoms with Gasteiger partial charge in [0.1, 0.15) is 18.3 Å². The summed E-state index contributed by atoms with van der Waals surface area (Å²) in [5.74, 6) is -2.36. The van der Waals surface area contributed by atoms with Crippen LogP contribution in [0.25, 0.3) is 0 Å². The zero-order chi connectivity index (χ0) is 28.1. The van der Waals surface area contributed by atoms with Gasteiger partial charge < -0.3 is 19.3 Å². The highest BCUT2D eigenvalue weighted by molar-refractivity contribution is 5.90. The second-order valence-corrected chi connectivity index (χ2v) is 10.3. The smallest absolute Gasteiger partial charge is 0.339 e. The first kappa shape index (κ1) is 35.4. The van der Waals surface area contributed by atoms with E-state index in [0.717, 1.165) is 70.6 Å². The van der Waals surface area contributed by atoms with E-state index in [1.54, 1.807) is 0 Å². The molecule has 0 saturated carbocycles. The average molecular weight is 529 g/mol. The molecule has 0 saturated heterocycles. The van der Waals surface area contributed by atoms with Crippen molar-refractivity contribution >= 4 is 17.9 Å². The minimum Gasteiger partial charge on any atom is -0.462 e. The van der Waals surface area contributed by atoms with Crippen molar-refractivity contribution in [1.82, 2.24) is 0 Å². The normalized spacial score (nSPS) is 15.3. The standard InChI is InChI=1S/C30H56O7/c1-7-13-16-19-24(10-4)35-27(31)22-30(34,29(33)37-26(12-6)21-18-15-9-3)23-28(32)36-25(11-5)20-17-14-8-2/h24-26,34H,7-23H2,1-6H3. The minimum atomic E-state index is -2.32. The lowest BCUT2D eigenvalue weighted by Gasteiger charge is -2.28. The van der Waals surface area contributed by atoms with Crippen LogP contribution in [0.3, 0.4) is 0 Å². The van der Waals surface area contributed by atoms with E-state index >= 15 is 0 Å². The number of unbranched alkanes of at least 4 members (excludes halogenated alkanes) is 6. The van der Waals surface area contributed by atoms with Crippen molar-refractivity contribution in [3.05, 3.63) is 0 Å². The summed E-state index contributed by atoms with van der Waals surface area (Å²) in [5, 5.41) is 11.4. The van der Waals surface area contributed by atoms with E-state index in [0.29, 0.717) is 25.7 Å². The predicted molar refractivity (Wildman–Crippen MR) is 147 cm³/mol. The maximum Gasteiger partial charge on any atom is 0.339 e. The highest BCUT2D eigenvalue weighted by Crippen LogP contribution is 2.25. The van der Waals surface area contributed by atoms with E-state index in [2.05, 4.69) is 20.8 Å². The Morgan fingerprint density at radius 1 is 0.568 bits per heavy atom. The van der Waals surface area contributed by atoms with Crippen LogP contribution in [0.5, 0.6) is 0 Å². The molecule has 1 N–H and O–H groups in total. The Labute approximate surface area is 226 Å². The van der Waals surface area contributed by atoms with E-state index in [9.17, 15) is 19.5 Å². The van der Waals surface area contributed by atoms with Gasteiger partial charge in [-0.05, 0) is 57.8 Å². The summed E-state index contributed by atoms with van der Waals surface area (Å²) >= 11 is 0. The number of rotatable bonds is 23. The Bertz CT molecular complexity index is 585. The van der Waals surface area contributed by atoms with Gasteiger partial charge in [-0.1, -0.05) is 80.1 Å². The summed E-state index contributed by atoms with van der Waals surface area (Å²) in [6, 6.07) is 0. The van der Waals surface area contributed by atoms with Crippen LogP contribution in [0.4, 0.5) is 0 Å². The molecule has 0 aliphatic carbocycles. The van der Waals surface area contributed by atoms with Crippen molar-refractivity contribution in [1.29, 1.82) is 0 Å². The molecule has 0 fully saturated rings. The van der Waals surface area contributed by atoms with Gasteiger partial charge >= 0.3 is 17.9 Å². The van der Waals surface area contributed by atoms with Crippen LogP contribution in [-0.2, 0) is 28.6 Å². The highest BCUT2D eigenvalue weighted by atomic mass is 16.6. The molecular formula is C30H56O7. The van der Waals surface area contributed by atoms with Gasteiger partial charge in [0.15, 0.2) is 5.60 Å². The SMILES string of the molecule is CCCCCC(CC)OC(=O)CC(O)(CC(=O)OC(CC)CCCCC)C(=O)OC(CC)CCCCC. The van der Waals surface area contributed by atoms with Crippen molar-refractivity contribution < 1.29 is 33.7 Å². The summed E-state index contributed by atoms with van der Waals surface area (Å²) in [4.78, 5) is 38.8. The molecule has 0 heterocycles. The maximum absolute atomic E-state index is 13.2. The van der Waals surface area contributed by atoms with E-state index in [1.165, 1.54) is 0 Å². The second-order valence-electron chi connectivity index (χ2n) is 10.3. The summed E-state index contributed by atoms with van der Waals surface area (Å²) < 4.78 is 16.8. The third-order valence-corrected chi connectivity index (χ3v) is 6.88. The number of aliphatic hydroxyl groups is 1. The number of ether oxygens (including phenoxy) is 3. The van der Waals surface area contributed by atoms with Crippen molar-refractivity contribution in [2.75, 3.05) is 0 Å². The first-order valence-electron chi connectivity index (χ1n) is 15.0. The van der Waals surface area contributed by atoms with Gasteiger partial charge in [0, 0.05) is 0 Å². The van der Waals surface area contributed by atoms with Crippen molar-refractivity contribution in [3.63, 3.8) is 0 Å². The predicted octanol–water partition coefficient (Wildman–Crippen LogP) is 7.20. The molecule has 7 nitrogen and oxygen atoms in total. The van der Waals surface area contributed by atoms with Crippen LogP contribution in [0.1, 0.15) is 151 Å². The third-order valence-electron chi connectivity index (χ3n) is 6.88. The largest absolute Gasteiger partial charge is 0.462 e. The molecule has 0 aliphatic heterocycles. The van der Waals surface area contributed by atoms with E-state index in [1.807, 2.05) is 20.8 Å². The fourth-order valence-corrected chi connectivity index (χ4v) is 4.31. The molecule has 0 rings (SSSR count). The van der Waals surface area contributed by atoms with E-state index in [-0.39, 0.29) is 18.3 Å². The van der Waals surface area contributed by atoms with Gasteiger partial charge in [-0.15, -0.1) is 0 Å². The quantitative estimate of drug-likeness (QED) is 0.0850. The number of carbonyl (C=O) groups is 3. The topological polar surface area (TPSA) is 99.1 Å². The summed E-state index contributed by atoms with van der Waals surface area (Å²) in [5.41, 5.74) is -2.32. The Morgan fingerprint density at radius 2 is 0.892 bits per heavy atom. The van der Waals surface area contributed by atoms with Crippen LogP contribution < -0.4 is 0 Å². The monoisotopic (exact) mass is 528 g/mol. The van der Waals surface area contributed by atoms with Crippen molar-refractivity contribution in [2.24, 2.45) is 0 Å². The van der Waals surface area contributed by atoms with Crippen LogP contribution in [0, 0.1) is 0 Å². The zero-order valence-electron chi connectivity index (χ0n) is 24.6. The number of hydrogen-bond acceptors (Lipinski definition) is 7. The minimum absolute atomic E-state index is 0.285. The average Bonchev–Trinajstić information content (AvgIpc) is 2.86. The molecular weight excluding hydrogens is 472 g/mol. The first-order chi connectivity index (χ1) is 17.7. The second kappa shape index (κ2) is 21.3. The molecule has 0 aliphatic rings. The van der Waals surface area contributed by atoms with Gasteiger partial charge in [0.05, 0.1) is 12.8 Å². The molecule has 7 heteroatoms. The molecule has 218 valence electrons. The Kier molecular flexibility index (Phi) is 20.4. The van der Waals surface area contributed by atoms with Gasteiger partial charge in [-0.2, -0.15) is 0 Å². The third kappa shape index (κ3) is 16.0. The van der Waals surface area contributed by atoms with E-state index in [4.69, 9.17) is 14.2 Å². The Hall–Kier alpha value is -1.63. The lowest BCUT2D eigenvalue weighted by atomic mass is 9.95. The molecule has 0 radical (unpaired) electrons. The van der Waals surface area contributed by atoms with Crippen LogP contribution >= 0.6 is 0 Å². The van der Waals surface area contributed by atoms with Crippen LogP contribution in [0.15, 0.2) is 0 Å². The van der Waals surface area contributed by atoms with E-state index < -0.39 is 36.4 Å². The molecule has 0 aromatic rings. The lowest BCUT2D eigenvalue weighted by Crippen LogP contribution is -2.46. The van der Waals surface area contributed by atoms with Gasteiger partial charge in [-0.25, -0.2) is 4.79 Å². The maximum atomic E-state index is 13.2. The molecule has 0 bridgehead atoms. The molecule has 37 heavy (non-hydrogen) atoms. The molecule has 3 atom stereocenters.